The maximum absolute atomic E-state index is 13.5. The molecule has 20 heavy (non-hydrogen) atoms. The van der Waals surface area contributed by atoms with Gasteiger partial charge in [-0.2, -0.15) is 11.3 Å². The van der Waals surface area contributed by atoms with Crippen LogP contribution >= 0.6 is 11.3 Å². The van der Waals surface area contributed by atoms with Crippen LogP contribution in [0.3, 0.4) is 0 Å². The van der Waals surface area contributed by atoms with Gasteiger partial charge in [-0.05, 0) is 53.1 Å². The molecule has 108 valence electrons. The van der Waals surface area contributed by atoms with Crippen molar-refractivity contribution in [3.63, 3.8) is 0 Å². The lowest BCUT2D eigenvalue weighted by atomic mass is 10.2. The Morgan fingerprint density at radius 1 is 1.25 bits per heavy atom. The fourth-order valence-corrected chi connectivity index (χ4v) is 2.64. The largest absolute Gasteiger partial charge is 0.493 e. The topological polar surface area (TPSA) is 21.3 Å². The highest BCUT2D eigenvalue weighted by Gasteiger charge is 2.02. The van der Waals surface area contributed by atoms with E-state index < -0.39 is 0 Å². The molecular formula is C16H20FNOS. The van der Waals surface area contributed by atoms with E-state index in [1.165, 1.54) is 11.6 Å². The van der Waals surface area contributed by atoms with E-state index in [9.17, 15) is 4.39 Å². The number of thiophene rings is 1. The van der Waals surface area contributed by atoms with E-state index in [4.69, 9.17) is 4.74 Å². The molecule has 4 heteroatoms. The first-order chi connectivity index (χ1) is 9.78. The SMILES string of the molecule is CCCNCc1cc(F)cc(OCCc2ccsc2)c1. The number of ether oxygens (including phenoxy) is 1. The average molecular weight is 293 g/mol. The van der Waals surface area contributed by atoms with Gasteiger partial charge in [-0.1, -0.05) is 6.92 Å². The van der Waals surface area contributed by atoms with E-state index in [0.29, 0.717) is 18.9 Å². The molecule has 2 rings (SSSR count). The van der Waals surface area contributed by atoms with Crippen LogP contribution in [-0.4, -0.2) is 13.2 Å². The molecule has 0 fully saturated rings. The fraction of sp³-hybridized carbons (Fsp3) is 0.375. The van der Waals surface area contributed by atoms with E-state index in [0.717, 1.165) is 24.9 Å². The van der Waals surface area contributed by atoms with Crippen molar-refractivity contribution in [3.05, 3.63) is 52.0 Å². The quantitative estimate of drug-likeness (QED) is 0.743. The molecule has 0 aliphatic heterocycles. The summed E-state index contributed by atoms with van der Waals surface area (Å²) in [5.74, 6) is 0.361. The Labute approximate surface area is 123 Å². The number of rotatable bonds is 8. The van der Waals surface area contributed by atoms with Gasteiger partial charge in [0, 0.05) is 19.0 Å². The van der Waals surface area contributed by atoms with Crippen molar-refractivity contribution in [3.8, 4) is 5.75 Å². The Morgan fingerprint density at radius 3 is 2.90 bits per heavy atom. The Kier molecular flexibility index (Phi) is 6.02. The van der Waals surface area contributed by atoms with Crippen LogP contribution in [0.1, 0.15) is 24.5 Å². The zero-order chi connectivity index (χ0) is 14.2. The molecule has 0 atom stereocenters. The second kappa shape index (κ2) is 8.02. The molecular weight excluding hydrogens is 273 g/mol. The van der Waals surface area contributed by atoms with Crippen molar-refractivity contribution >= 4 is 11.3 Å². The first-order valence-electron chi connectivity index (χ1n) is 6.92. The molecule has 0 radical (unpaired) electrons. The summed E-state index contributed by atoms with van der Waals surface area (Å²) in [6.45, 7) is 4.29. The van der Waals surface area contributed by atoms with Gasteiger partial charge in [0.25, 0.3) is 0 Å². The minimum absolute atomic E-state index is 0.244. The predicted molar refractivity (Wildman–Crippen MR) is 81.9 cm³/mol. The number of nitrogens with one attached hydrogen (secondary N) is 1. The first-order valence-corrected chi connectivity index (χ1v) is 7.86. The summed E-state index contributed by atoms with van der Waals surface area (Å²) in [6.07, 6.45) is 1.92. The van der Waals surface area contributed by atoms with Crippen LogP contribution in [0.2, 0.25) is 0 Å². The third-order valence-corrected chi connectivity index (χ3v) is 3.66. The Balaban J connectivity index is 1.86. The van der Waals surface area contributed by atoms with Crippen LogP contribution in [0, 0.1) is 5.82 Å². The number of halogens is 1. The Bertz CT molecular complexity index is 513. The van der Waals surface area contributed by atoms with Crippen LogP contribution in [0.4, 0.5) is 4.39 Å². The second-order valence-electron chi connectivity index (χ2n) is 4.70. The summed E-state index contributed by atoms with van der Waals surface area (Å²) in [7, 11) is 0. The molecule has 2 aromatic rings. The van der Waals surface area contributed by atoms with Gasteiger partial charge in [0.1, 0.15) is 11.6 Å². The van der Waals surface area contributed by atoms with E-state index in [1.807, 2.05) is 6.07 Å². The van der Waals surface area contributed by atoms with Crippen LogP contribution in [-0.2, 0) is 13.0 Å². The van der Waals surface area contributed by atoms with Gasteiger partial charge in [-0.15, -0.1) is 0 Å². The predicted octanol–water partition coefficient (Wildman–Crippen LogP) is 4.01. The van der Waals surface area contributed by atoms with Gasteiger partial charge in [0.05, 0.1) is 6.61 Å². The van der Waals surface area contributed by atoms with E-state index >= 15 is 0 Å². The molecule has 0 aliphatic carbocycles. The lowest BCUT2D eigenvalue weighted by molar-refractivity contribution is 0.320. The normalized spacial score (nSPS) is 10.7. The van der Waals surface area contributed by atoms with Gasteiger partial charge in [0.2, 0.25) is 0 Å². The molecule has 1 heterocycles. The van der Waals surface area contributed by atoms with Crippen LogP contribution in [0.5, 0.6) is 5.75 Å². The van der Waals surface area contributed by atoms with Crippen molar-refractivity contribution in [1.29, 1.82) is 0 Å². The summed E-state index contributed by atoms with van der Waals surface area (Å²) >= 11 is 1.68. The molecule has 0 aliphatic rings. The maximum Gasteiger partial charge on any atom is 0.127 e. The highest BCUT2D eigenvalue weighted by molar-refractivity contribution is 7.07. The van der Waals surface area contributed by atoms with E-state index in [1.54, 1.807) is 17.4 Å². The van der Waals surface area contributed by atoms with Crippen molar-refractivity contribution in [2.24, 2.45) is 0 Å². The monoisotopic (exact) mass is 293 g/mol. The molecule has 0 spiro atoms. The third kappa shape index (κ3) is 4.94. The van der Waals surface area contributed by atoms with Crippen molar-refractivity contribution < 1.29 is 9.13 Å². The minimum atomic E-state index is -0.244. The second-order valence-corrected chi connectivity index (χ2v) is 5.48. The lowest BCUT2D eigenvalue weighted by Gasteiger charge is -2.09. The van der Waals surface area contributed by atoms with Crippen LogP contribution < -0.4 is 10.1 Å². The number of hydrogen-bond acceptors (Lipinski definition) is 3. The molecule has 1 aromatic carbocycles. The number of hydrogen-bond donors (Lipinski definition) is 1. The van der Waals surface area contributed by atoms with Crippen molar-refractivity contribution in [1.82, 2.24) is 5.32 Å². The highest BCUT2D eigenvalue weighted by Crippen LogP contribution is 2.17. The molecule has 1 aromatic heterocycles. The van der Waals surface area contributed by atoms with Crippen molar-refractivity contribution in [2.45, 2.75) is 26.3 Å². The van der Waals surface area contributed by atoms with Gasteiger partial charge in [0.15, 0.2) is 0 Å². The van der Waals surface area contributed by atoms with Crippen LogP contribution in [0.25, 0.3) is 0 Å². The average Bonchev–Trinajstić information content (AvgIpc) is 2.92. The Hall–Kier alpha value is -1.39. The molecule has 1 N–H and O–H groups in total. The summed E-state index contributed by atoms with van der Waals surface area (Å²) in [5.41, 5.74) is 2.18. The molecule has 0 saturated carbocycles. The zero-order valence-electron chi connectivity index (χ0n) is 11.7. The Morgan fingerprint density at radius 2 is 2.15 bits per heavy atom. The highest BCUT2D eigenvalue weighted by atomic mass is 32.1. The summed E-state index contributed by atoms with van der Waals surface area (Å²) in [6, 6.07) is 6.98. The molecule has 0 bridgehead atoms. The van der Waals surface area contributed by atoms with Gasteiger partial charge < -0.3 is 10.1 Å². The lowest BCUT2D eigenvalue weighted by Crippen LogP contribution is -2.14. The van der Waals surface area contributed by atoms with Gasteiger partial charge in [-0.3, -0.25) is 0 Å². The molecule has 0 unspecified atom stereocenters. The third-order valence-electron chi connectivity index (χ3n) is 2.93. The maximum atomic E-state index is 13.5. The molecule has 0 amide bonds. The van der Waals surface area contributed by atoms with Gasteiger partial charge >= 0.3 is 0 Å². The van der Waals surface area contributed by atoms with Crippen LogP contribution in [0.15, 0.2) is 35.0 Å². The summed E-state index contributed by atoms with van der Waals surface area (Å²) in [4.78, 5) is 0. The fourth-order valence-electron chi connectivity index (χ4n) is 1.94. The summed E-state index contributed by atoms with van der Waals surface area (Å²) in [5, 5.41) is 7.42. The molecule has 2 nitrogen and oxygen atoms in total. The summed E-state index contributed by atoms with van der Waals surface area (Å²) < 4.78 is 19.2. The minimum Gasteiger partial charge on any atom is -0.493 e. The zero-order valence-corrected chi connectivity index (χ0v) is 12.5. The standard InChI is InChI=1S/C16H20FNOS/c1-2-5-18-11-14-8-15(17)10-16(9-14)19-6-3-13-4-7-20-12-13/h4,7-10,12,18H,2-3,5-6,11H2,1H3. The number of benzene rings is 1. The van der Waals surface area contributed by atoms with Gasteiger partial charge in [-0.25, -0.2) is 4.39 Å². The molecule has 0 saturated heterocycles. The first kappa shape index (κ1) is 15.0. The smallest absolute Gasteiger partial charge is 0.127 e. The van der Waals surface area contributed by atoms with E-state index in [2.05, 4.69) is 29.1 Å². The van der Waals surface area contributed by atoms with E-state index in [-0.39, 0.29) is 5.82 Å². The van der Waals surface area contributed by atoms with Crippen molar-refractivity contribution in [2.75, 3.05) is 13.2 Å².